The van der Waals surface area contributed by atoms with E-state index >= 15 is 0 Å². The lowest BCUT2D eigenvalue weighted by atomic mass is 10.1. The van der Waals surface area contributed by atoms with E-state index in [2.05, 4.69) is 5.32 Å². The Morgan fingerprint density at radius 1 is 1.14 bits per heavy atom. The smallest absolute Gasteiger partial charge is 0.311 e. The highest BCUT2D eigenvalue weighted by atomic mass is 19.1. The third-order valence-electron chi connectivity index (χ3n) is 4.45. The van der Waals surface area contributed by atoms with Gasteiger partial charge in [-0.05, 0) is 61.4 Å². The minimum Gasteiger partial charge on any atom is -0.455 e. The number of rotatable bonds is 5. The number of nitrogens with zero attached hydrogens (tertiary/aromatic N) is 1. The molecule has 0 saturated carbocycles. The van der Waals surface area contributed by atoms with E-state index in [0.29, 0.717) is 11.4 Å². The molecule has 1 saturated heterocycles. The number of hydrogen-bond donors (Lipinski definition) is 1. The zero-order valence-electron chi connectivity index (χ0n) is 15.7. The summed E-state index contributed by atoms with van der Waals surface area (Å²) in [6.07, 6.45) is -0.00506. The topological polar surface area (TPSA) is 75.7 Å². The summed E-state index contributed by atoms with van der Waals surface area (Å²) < 4.78 is 18.1. The Balaban J connectivity index is 1.53. The van der Waals surface area contributed by atoms with Gasteiger partial charge in [0.1, 0.15) is 5.82 Å². The molecule has 7 heteroatoms. The van der Waals surface area contributed by atoms with Crippen LogP contribution in [0.5, 0.6) is 0 Å². The number of aryl methyl sites for hydroxylation is 2. The third kappa shape index (κ3) is 4.73. The molecular formula is C21H21FN2O4. The Kier molecular flexibility index (Phi) is 5.73. The molecule has 3 rings (SSSR count). The van der Waals surface area contributed by atoms with Crippen molar-refractivity contribution < 1.29 is 23.5 Å². The summed E-state index contributed by atoms with van der Waals surface area (Å²) in [6, 6.07) is 11.1. The number of hydrogen-bond acceptors (Lipinski definition) is 4. The van der Waals surface area contributed by atoms with Crippen LogP contribution in [-0.4, -0.2) is 30.9 Å². The average molecular weight is 384 g/mol. The lowest BCUT2D eigenvalue weighted by Gasteiger charge is -2.16. The number of nitrogens with one attached hydrogen (secondary N) is 1. The summed E-state index contributed by atoms with van der Waals surface area (Å²) in [5, 5.41) is 2.69. The molecule has 6 nitrogen and oxygen atoms in total. The molecule has 1 aliphatic heterocycles. The number of amides is 2. The number of esters is 1. The van der Waals surface area contributed by atoms with Gasteiger partial charge in [-0.15, -0.1) is 0 Å². The maximum Gasteiger partial charge on any atom is 0.311 e. The van der Waals surface area contributed by atoms with E-state index in [0.717, 1.165) is 11.1 Å². The number of ether oxygens (including phenoxy) is 1. The third-order valence-corrected chi connectivity index (χ3v) is 4.45. The van der Waals surface area contributed by atoms with Crippen molar-refractivity contribution in [2.24, 2.45) is 5.92 Å². The second kappa shape index (κ2) is 8.21. The maximum absolute atomic E-state index is 13.0. The van der Waals surface area contributed by atoms with Crippen molar-refractivity contribution in [3.05, 3.63) is 59.4 Å². The summed E-state index contributed by atoms with van der Waals surface area (Å²) in [7, 11) is 0. The fraction of sp³-hybridized carbons (Fsp3) is 0.286. The Labute approximate surface area is 162 Å². The molecule has 0 bridgehead atoms. The van der Waals surface area contributed by atoms with Crippen LogP contribution in [0.15, 0.2) is 42.5 Å². The minimum atomic E-state index is -0.661. The Morgan fingerprint density at radius 2 is 1.79 bits per heavy atom. The van der Waals surface area contributed by atoms with E-state index in [9.17, 15) is 18.8 Å². The number of carbonyl (C=O) groups excluding carboxylic acids is 3. The van der Waals surface area contributed by atoms with Crippen molar-refractivity contribution >= 4 is 29.2 Å². The van der Waals surface area contributed by atoms with Crippen LogP contribution in [0.3, 0.4) is 0 Å². The van der Waals surface area contributed by atoms with Crippen LogP contribution < -0.4 is 10.2 Å². The first-order valence-corrected chi connectivity index (χ1v) is 8.92. The van der Waals surface area contributed by atoms with Crippen LogP contribution in [0.1, 0.15) is 17.5 Å². The fourth-order valence-corrected chi connectivity index (χ4v) is 3.23. The molecule has 0 unspecified atom stereocenters. The minimum absolute atomic E-state index is 0.00506. The van der Waals surface area contributed by atoms with Crippen LogP contribution >= 0.6 is 0 Å². The van der Waals surface area contributed by atoms with Gasteiger partial charge in [-0.1, -0.05) is 6.07 Å². The van der Waals surface area contributed by atoms with Crippen molar-refractivity contribution in [1.29, 1.82) is 0 Å². The van der Waals surface area contributed by atoms with Crippen LogP contribution in [-0.2, 0) is 19.1 Å². The second-order valence-corrected chi connectivity index (χ2v) is 6.91. The Hall–Kier alpha value is -3.22. The van der Waals surface area contributed by atoms with E-state index in [4.69, 9.17) is 4.74 Å². The van der Waals surface area contributed by atoms with E-state index < -0.39 is 30.2 Å². The molecule has 2 aromatic rings. The largest absolute Gasteiger partial charge is 0.455 e. The van der Waals surface area contributed by atoms with E-state index in [-0.39, 0.29) is 18.9 Å². The molecule has 28 heavy (non-hydrogen) atoms. The second-order valence-electron chi connectivity index (χ2n) is 6.91. The first-order chi connectivity index (χ1) is 13.3. The van der Waals surface area contributed by atoms with E-state index in [1.807, 2.05) is 32.0 Å². The molecule has 2 amide bonds. The van der Waals surface area contributed by atoms with Crippen LogP contribution in [0.25, 0.3) is 0 Å². The van der Waals surface area contributed by atoms with E-state index in [1.54, 1.807) is 0 Å². The normalized spacial score (nSPS) is 16.2. The van der Waals surface area contributed by atoms with Gasteiger partial charge in [0.05, 0.1) is 5.92 Å². The molecule has 2 aromatic carbocycles. The molecule has 146 valence electrons. The molecule has 0 spiro atoms. The molecule has 0 aromatic heterocycles. The van der Waals surface area contributed by atoms with Gasteiger partial charge in [-0.2, -0.15) is 0 Å². The molecule has 1 atom stereocenters. The van der Waals surface area contributed by atoms with Crippen LogP contribution in [0.2, 0.25) is 0 Å². The molecular weight excluding hydrogens is 363 g/mol. The van der Waals surface area contributed by atoms with Crippen molar-refractivity contribution in [2.45, 2.75) is 20.3 Å². The molecule has 1 fully saturated rings. The van der Waals surface area contributed by atoms with Gasteiger partial charge in [0.15, 0.2) is 6.61 Å². The summed E-state index contributed by atoms with van der Waals surface area (Å²) in [5.41, 5.74) is 3.18. The summed E-state index contributed by atoms with van der Waals surface area (Å²) >= 11 is 0. The first-order valence-electron chi connectivity index (χ1n) is 8.92. The maximum atomic E-state index is 13.0. The lowest BCUT2D eigenvalue weighted by molar-refractivity contribution is -0.151. The van der Waals surface area contributed by atoms with Gasteiger partial charge < -0.3 is 15.0 Å². The van der Waals surface area contributed by atoms with Gasteiger partial charge in [-0.25, -0.2) is 4.39 Å². The van der Waals surface area contributed by atoms with Gasteiger partial charge in [0.25, 0.3) is 5.91 Å². The molecule has 1 N–H and O–H groups in total. The van der Waals surface area contributed by atoms with Crippen molar-refractivity contribution in [3.8, 4) is 0 Å². The number of anilines is 2. The predicted molar refractivity (Wildman–Crippen MR) is 102 cm³/mol. The van der Waals surface area contributed by atoms with Crippen molar-refractivity contribution in [3.63, 3.8) is 0 Å². The van der Waals surface area contributed by atoms with Gasteiger partial charge >= 0.3 is 5.97 Å². The summed E-state index contributed by atoms with van der Waals surface area (Å²) in [4.78, 5) is 37.9. The number of halogens is 1. The highest BCUT2D eigenvalue weighted by Gasteiger charge is 2.36. The quantitative estimate of drug-likeness (QED) is 0.804. The van der Waals surface area contributed by atoms with Crippen LogP contribution in [0, 0.1) is 25.6 Å². The first kappa shape index (κ1) is 19.5. The number of carbonyl (C=O) groups is 3. The van der Waals surface area contributed by atoms with Crippen LogP contribution in [0.4, 0.5) is 15.8 Å². The lowest BCUT2D eigenvalue weighted by Crippen LogP contribution is -2.28. The fourth-order valence-electron chi connectivity index (χ4n) is 3.23. The molecule has 0 aliphatic carbocycles. The SMILES string of the molecule is Cc1cc(C)cc(NC(=O)COC(=O)[C@H]2CC(=O)N(c3ccc(F)cc3)C2)c1. The van der Waals surface area contributed by atoms with Crippen molar-refractivity contribution in [2.75, 3.05) is 23.4 Å². The monoisotopic (exact) mass is 384 g/mol. The Morgan fingerprint density at radius 3 is 2.43 bits per heavy atom. The zero-order chi connectivity index (χ0) is 20.3. The number of benzene rings is 2. The Bertz CT molecular complexity index is 891. The van der Waals surface area contributed by atoms with Gasteiger partial charge in [0, 0.05) is 24.3 Å². The molecule has 1 aliphatic rings. The van der Waals surface area contributed by atoms with Crippen molar-refractivity contribution in [1.82, 2.24) is 0 Å². The highest BCUT2D eigenvalue weighted by molar-refractivity contribution is 6.00. The average Bonchev–Trinajstić information content (AvgIpc) is 3.01. The molecule has 1 heterocycles. The zero-order valence-corrected chi connectivity index (χ0v) is 15.7. The summed E-state index contributed by atoms with van der Waals surface area (Å²) in [5.74, 6) is -2.35. The van der Waals surface area contributed by atoms with Gasteiger partial charge in [-0.3, -0.25) is 14.4 Å². The molecule has 0 radical (unpaired) electrons. The van der Waals surface area contributed by atoms with E-state index in [1.165, 1.54) is 29.2 Å². The standard InChI is InChI=1S/C21H21FN2O4/c1-13-7-14(2)9-17(8-13)23-19(25)12-28-21(27)15-10-20(26)24(11-15)18-5-3-16(22)4-6-18/h3-9,15H,10-12H2,1-2H3,(H,23,25)/t15-/m0/s1. The summed E-state index contributed by atoms with van der Waals surface area (Å²) in [6.45, 7) is 3.56. The van der Waals surface area contributed by atoms with Gasteiger partial charge in [0.2, 0.25) is 5.91 Å². The highest BCUT2D eigenvalue weighted by Crippen LogP contribution is 2.26. The predicted octanol–water partition coefficient (Wildman–Crippen LogP) is 2.98.